The Kier molecular flexibility index (Phi) is 3.13. The molecule has 1 saturated heterocycles. The number of anilines is 1. The van der Waals surface area contributed by atoms with Crippen molar-refractivity contribution in [3.63, 3.8) is 0 Å². The molecule has 1 aliphatic rings. The van der Waals surface area contributed by atoms with Gasteiger partial charge in [0.05, 0.1) is 13.1 Å². The monoisotopic (exact) mass is 235 g/mol. The zero-order chi connectivity index (χ0) is 12.3. The van der Waals surface area contributed by atoms with Crippen molar-refractivity contribution in [1.29, 1.82) is 0 Å². The Labute approximate surface area is 98.3 Å². The third-order valence-electron chi connectivity index (χ3n) is 2.52. The van der Waals surface area contributed by atoms with Crippen molar-refractivity contribution in [2.75, 3.05) is 18.4 Å². The fourth-order valence-electron chi connectivity index (χ4n) is 1.61. The average Bonchev–Trinajstić information content (AvgIpc) is 2.23. The maximum atomic E-state index is 10.8. The lowest BCUT2D eigenvalue weighted by Gasteiger charge is -2.37. The molecule has 3 amide bonds. The van der Waals surface area contributed by atoms with Gasteiger partial charge in [0.2, 0.25) is 6.41 Å². The fourth-order valence-corrected chi connectivity index (χ4v) is 1.61. The Morgan fingerprint density at radius 1 is 1.53 bits per heavy atom. The van der Waals surface area contributed by atoms with Crippen LogP contribution >= 0.6 is 0 Å². The largest absolute Gasteiger partial charge is 0.487 e. The summed E-state index contributed by atoms with van der Waals surface area (Å²) in [7, 11) is 0. The van der Waals surface area contributed by atoms with Crippen LogP contribution < -0.4 is 15.8 Å². The maximum Gasteiger partial charge on any atom is 0.315 e. The lowest BCUT2D eigenvalue weighted by atomic mass is 10.2. The van der Waals surface area contributed by atoms with Gasteiger partial charge in [0.15, 0.2) is 0 Å². The first-order valence-corrected chi connectivity index (χ1v) is 5.20. The van der Waals surface area contributed by atoms with Crippen molar-refractivity contribution in [2.24, 2.45) is 5.73 Å². The molecule has 0 aliphatic carbocycles. The minimum absolute atomic E-state index is 0.0334. The van der Waals surface area contributed by atoms with Gasteiger partial charge in [-0.25, -0.2) is 4.79 Å². The molecule has 0 atom stereocenters. The predicted molar refractivity (Wildman–Crippen MR) is 61.7 cm³/mol. The van der Waals surface area contributed by atoms with Gasteiger partial charge < -0.3 is 20.7 Å². The zero-order valence-corrected chi connectivity index (χ0v) is 9.13. The van der Waals surface area contributed by atoms with Gasteiger partial charge in [-0.1, -0.05) is 6.07 Å². The molecule has 2 rings (SSSR count). The lowest BCUT2D eigenvalue weighted by molar-refractivity contribution is -0.105. The molecule has 1 aromatic carbocycles. The Hall–Kier alpha value is -2.24. The number of amides is 3. The molecule has 3 N–H and O–H groups in total. The first-order chi connectivity index (χ1) is 8.19. The molecule has 0 aromatic heterocycles. The van der Waals surface area contributed by atoms with Gasteiger partial charge in [-0.2, -0.15) is 0 Å². The summed E-state index contributed by atoms with van der Waals surface area (Å²) in [6.45, 7) is 1.00. The molecule has 17 heavy (non-hydrogen) atoms. The van der Waals surface area contributed by atoms with Crippen LogP contribution in [0.15, 0.2) is 24.3 Å². The van der Waals surface area contributed by atoms with Crippen molar-refractivity contribution in [3.8, 4) is 5.75 Å². The second-order valence-corrected chi connectivity index (χ2v) is 3.77. The molecule has 0 saturated carbocycles. The summed E-state index contributed by atoms with van der Waals surface area (Å²) in [6.07, 6.45) is 0.575. The summed E-state index contributed by atoms with van der Waals surface area (Å²) in [5, 5.41) is 2.54. The van der Waals surface area contributed by atoms with Crippen LogP contribution in [-0.2, 0) is 4.79 Å². The highest BCUT2D eigenvalue weighted by Gasteiger charge is 2.30. The fraction of sp³-hybridized carbons (Fsp3) is 0.273. The van der Waals surface area contributed by atoms with E-state index in [1.165, 1.54) is 4.90 Å². The average molecular weight is 235 g/mol. The lowest BCUT2D eigenvalue weighted by Crippen LogP contribution is -2.57. The highest BCUT2D eigenvalue weighted by atomic mass is 16.5. The molecule has 6 nitrogen and oxygen atoms in total. The minimum Gasteiger partial charge on any atom is -0.487 e. The molecule has 0 radical (unpaired) electrons. The number of nitrogens with zero attached hydrogens (tertiary/aromatic N) is 1. The SMILES string of the molecule is NC(=O)N1CC(Oc2cccc(NC=O)c2)C1. The van der Waals surface area contributed by atoms with Crippen LogP contribution in [0, 0.1) is 0 Å². The molecule has 1 fully saturated rings. The van der Waals surface area contributed by atoms with E-state index in [9.17, 15) is 9.59 Å². The summed E-state index contributed by atoms with van der Waals surface area (Å²) in [4.78, 5) is 22.5. The summed E-state index contributed by atoms with van der Waals surface area (Å²) in [6, 6.07) is 6.63. The number of carbonyl (C=O) groups is 2. The standard InChI is InChI=1S/C11H13N3O3/c12-11(16)14-5-10(6-14)17-9-3-1-2-8(4-9)13-7-15/h1-4,7,10H,5-6H2,(H2,12,16)(H,13,15). The van der Waals surface area contributed by atoms with Crippen LogP contribution in [-0.4, -0.2) is 36.5 Å². The van der Waals surface area contributed by atoms with E-state index in [1.807, 2.05) is 0 Å². The Bertz CT molecular complexity index is 430. The number of urea groups is 1. The molecular weight excluding hydrogens is 222 g/mol. The molecule has 0 spiro atoms. The minimum atomic E-state index is -0.429. The van der Waals surface area contributed by atoms with Crippen molar-refractivity contribution in [3.05, 3.63) is 24.3 Å². The highest BCUT2D eigenvalue weighted by molar-refractivity contribution is 5.73. The van der Waals surface area contributed by atoms with E-state index < -0.39 is 6.03 Å². The van der Waals surface area contributed by atoms with Crippen LogP contribution in [0.2, 0.25) is 0 Å². The van der Waals surface area contributed by atoms with Crippen LogP contribution in [0.4, 0.5) is 10.5 Å². The van der Waals surface area contributed by atoms with Gasteiger partial charge in [-0.3, -0.25) is 4.79 Å². The van der Waals surface area contributed by atoms with Gasteiger partial charge in [-0.05, 0) is 12.1 Å². The van der Waals surface area contributed by atoms with E-state index in [1.54, 1.807) is 24.3 Å². The van der Waals surface area contributed by atoms with Crippen LogP contribution in [0.5, 0.6) is 5.75 Å². The van der Waals surface area contributed by atoms with E-state index in [0.29, 0.717) is 30.9 Å². The van der Waals surface area contributed by atoms with Gasteiger partial charge in [0.1, 0.15) is 11.9 Å². The number of carbonyl (C=O) groups excluding carboxylic acids is 2. The van der Waals surface area contributed by atoms with Crippen LogP contribution in [0.25, 0.3) is 0 Å². The quantitative estimate of drug-likeness (QED) is 0.740. The van der Waals surface area contributed by atoms with E-state index in [0.717, 1.165) is 0 Å². The second-order valence-electron chi connectivity index (χ2n) is 3.77. The number of rotatable bonds is 4. The van der Waals surface area contributed by atoms with E-state index in [2.05, 4.69) is 5.32 Å². The van der Waals surface area contributed by atoms with Gasteiger partial charge in [0, 0.05) is 11.8 Å². The van der Waals surface area contributed by atoms with E-state index in [4.69, 9.17) is 10.5 Å². The number of likely N-dealkylation sites (tertiary alicyclic amines) is 1. The van der Waals surface area contributed by atoms with Crippen molar-refractivity contribution in [1.82, 2.24) is 4.90 Å². The Morgan fingerprint density at radius 2 is 2.29 bits per heavy atom. The number of ether oxygens (including phenoxy) is 1. The topological polar surface area (TPSA) is 84.7 Å². The number of hydrogen-bond acceptors (Lipinski definition) is 3. The van der Waals surface area contributed by atoms with Crippen molar-refractivity contribution in [2.45, 2.75) is 6.10 Å². The third-order valence-corrected chi connectivity index (χ3v) is 2.52. The number of primary amides is 1. The molecule has 1 aliphatic heterocycles. The Balaban J connectivity index is 1.89. The molecule has 0 bridgehead atoms. The normalized spacial score (nSPS) is 14.9. The van der Waals surface area contributed by atoms with E-state index in [-0.39, 0.29) is 6.10 Å². The molecular formula is C11H13N3O3. The van der Waals surface area contributed by atoms with Crippen molar-refractivity contribution < 1.29 is 14.3 Å². The molecule has 1 aromatic rings. The van der Waals surface area contributed by atoms with Crippen molar-refractivity contribution >= 4 is 18.1 Å². The Morgan fingerprint density at radius 3 is 2.94 bits per heavy atom. The summed E-state index contributed by atoms with van der Waals surface area (Å²) in [5.74, 6) is 0.658. The first kappa shape index (κ1) is 11.3. The molecule has 1 heterocycles. The molecule has 90 valence electrons. The van der Waals surface area contributed by atoms with Gasteiger partial charge in [0.25, 0.3) is 0 Å². The number of nitrogens with one attached hydrogen (secondary N) is 1. The maximum absolute atomic E-state index is 10.8. The van der Waals surface area contributed by atoms with Gasteiger partial charge >= 0.3 is 6.03 Å². The van der Waals surface area contributed by atoms with Gasteiger partial charge in [-0.15, -0.1) is 0 Å². The smallest absolute Gasteiger partial charge is 0.315 e. The number of nitrogens with two attached hydrogens (primary N) is 1. The summed E-state index contributed by atoms with van der Waals surface area (Å²) < 4.78 is 5.61. The highest BCUT2D eigenvalue weighted by Crippen LogP contribution is 2.21. The third kappa shape index (κ3) is 2.66. The molecule has 6 heteroatoms. The second kappa shape index (κ2) is 4.73. The number of benzene rings is 1. The summed E-state index contributed by atoms with van der Waals surface area (Å²) >= 11 is 0. The van der Waals surface area contributed by atoms with Crippen LogP contribution in [0.3, 0.4) is 0 Å². The zero-order valence-electron chi connectivity index (χ0n) is 9.13. The first-order valence-electron chi connectivity index (χ1n) is 5.20. The van der Waals surface area contributed by atoms with Crippen LogP contribution in [0.1, 0.15) is 0 Å². The van der Waals surface area contributed by atoms with E-state index >= 15 is 0 Å². The summed E-state index contributed by atoms with van der Waals surface area (Å²) in [5.41, 5.74) is 5.77. The number of hydrogen-bond donors (Lipinski definition) is 2. The molecule has 0 unspecified atom stereocenters. The predicted octanol–water partition coefficient (Wildman–Crippen LogP) is 0.397.